The molecule has 2 aromatic heterocycles. The third-order valence-corrected chi connectivity index (χ3v) is 6.01. The van der Waals surface area contributed by atoms with Crippen LogP contribution in [0.15, 0.2) is 11.4 Å². The normalized spacial score (nSPS) is 21.6. The summed E-state index contributed by atoms with van der Waals surface area (Å²) >= 11 is 1.42. The number of aromatic nitrogens is 1. The lowest BCUT2D eigenvalue weighted by atomic mass is 9.77. The van der Waals surface area contributed by atoms with Crippen LogP contribution in [-0.2, 0) is 4.79 Å². The number of ether oxygens (including phenoxy) is 2. The fraction of sp³-hybridized carbons (Fsp3) is 0.500. The van der Waals surface area contributed by atoms with Gasteiger partial charge in [0.15, 0.2) is 5.75 Å². The van der Waals surface area contributed by atoms with Gasteiger partial charge in [0.05, 0.1) is 17.9 Å². The molecule has 1 saturated heterocycles. The van der Waals surface area contributed by atoms with Crippen LogP contribution < -0.4 is 20.5 Å². The molecule has 26 heavy (non-hydrogen) atoms. The van der Waals surface area contributed by atoms with Gasteiger partial charge in [0.1, 0.15) is 17.7 Å². The number of nitrogens with two attached hydrogens (primary N) is 1. The van der Waals surface area contributed by atoms with Crippen LogP contribution in [0.5, 0.6) is 11.6 Å². The number of hydrogen-bond donors (Lipinski definition) is 2. The third-order valence-electron chi connectivity index (χ3n) is 5.11. The third kappa shape index (κ3) is 2.98. The van der Waals surface area contributed by atoms with Crippen molar-refractivity contribution in [3.63, 3.8) is 0 Å². The molecule has 0 saturated carbocycles. The monoisotopic (exact) mass is 377 g/mol. The predicted octanol–water partition coefficient (Wildman–Crippen LogP) is 2.33. The summed E-state index contributed by atoms with van der Waals surface area (Å²) in [4.78, 5) is 28.1. The lowest BCUT2D eigenvalue weighted by molar-refractivity contribution is -0.127. The Morgan fingerprint density at radius 2 is 2.19 bits per heavy atom. The molecule has 2 amide bonds. The zero-order chi connectivity index (χ0) is 19.1. The van der Waals surface area contributed by atoms with Gasteiger partial charge >= 0.3 is 0 Å². The molecule has 2 atom stereocenters. The van der Waals surface area contributed by atoms with E-state index in [1.807, 2.05) is 19.2 Å². The minimum Gasteiger partial charge on any atom is -0.488 e. The maximum absolute atomic E-state index is 12.2. The highest BCUT2D eigenvalue weighted by Gasteiger charge is 2.47. The highest BCUT2D eigenvalue weighted by atomic mass is 32.1. The number of methoxy groups -OCH3 is 1. The van der Waals surface area contributed by atoms with Gasteiger partial charge in [0.2, 0.25) is 11.8 Å². The van der Waals surface area contributed by atoms with Crippen molar-refractivity contribution in [2.45, 2.75) is 33.2 Å². The Kier molecular flexibility index (Phi) is 4.79. The van der Waals surface area contributed by atoms with E-state index in [2.05, 4.69) is 17.2 Å². The van der Waals surface area contributed by atoms with Gasteiger partial charge in [-0.05, 0) is 12.0 Å². The Morgan fingerprint density at radius 1 is 1.46 bits per heavy atom. The molecular weight excluding hydrogens is 354 g/mol. The molecule has 1 aliphatic rings. The van der Waals surface area contributed by atoms with E-state index in [0.717, 1.165) is 11.1 Å². The van der Waals surface area contributed by atoms with Crippen molar-refractivity contribution in [2.24, 2.45) is 17.1 Å². The van der Waals surface area contributed by atoms with Crippen LogP contribution in [0.3, 0.4) is 0 Å². The molecule has 140 valence electrons. The SMILES string of the molecule is CCC1C(COc2csc3cc(C(N)=O)c(OC)nc23)NC(=O)C1(C)C. The molecule has 2 unspecified atom stereocenters. The first-order valence-electron chi connectivity index (χ1n) is 8.49. The van der Waals surface area contributed by atoms with Crippen molar-refractivity contribution in [3.8, 4) is 11.6 Å². The Balaban J connectivity index is 1.84. The molecule has 3 rings (SSSR count). The molecule has 7 nitrogen and oxygen atoms in total. The predicted molar refractivity (Wildman–Crippen MR) is 99.7 cm³/mol. The van der Waals surface area contributed by atoms with E-state index in [0.29, 0.717) is 17.9 Å². The number of carbonyl (C=O) groups excluding carboxylic acids is 2. The first-order chi connectivity index (χ1) is 12.3. The Bertz CT molecular complexity index is 861. The molecule has 2 aromatic rings. The minimum atomic E-state index is -0.589. The van der Waals surface area contributed by atoms with Crippen molar-refractivity contribution < 1.29 is 19.1 Å². The topological polar surface area (TPSA) is 104 Å². The van der Waals surface area contributed by atoms with Gasteiger partial charge in [0.25, 0.3) is 5.91 Å². The number of pyridine rings is 1. The van der Waals surface area contributed by atoms with Crippen LogP contribution in [0.25, 0.3) is 10.2 Å². The summed E-state index contributed by atoms with van der Waals surface area (Å²) in [6.45, 7) is 6.38. The molecule has 3 heterocycles. The zero-order valence-corrected chi connectivity index (χ0v) is 16.1. The summed E-state index contributed by atoms with van der Waals surface area (Å²) in [7, 11) is 1.44. The highest BCUT2D eigenvalue weighted by molar-refractivity contribution is 7.17. The number of nitrogens with zero attached hydrogens (tertiary/aromatic N) is 1. The summed E-state index contributed by atoms with van der Waals surface area (Å²) in [6, 6.07) is 1.61. The smallest absolute Gasteiger partial charge is 0.254 e. The number of nitrogens with one attached hydrogen (secondary N) is 1. The lowest BCUT2D eigenvalue weighted by Crippen LogP contribution is -2.34. The van der Waals surface area contributed by atoms with E-state index in [9.17, 15) is 9.59 Å². The molecular formula is C18H23N3O4S. The van der Waals surface area contributed by atoms with E-state index in [1.54, 1.807) is 6.07 Å². The Hall–Kier alpha value is -2.35. The summed E-state index contributed by atoms with van der Waals surface area (Å²) < 4.78 is 11.9. The van der Waals surface area contributed by atoms with Gasteiger partial charge in [-0.2, -0.15) is 0 Å². The fourth-order valence-electron chi connectivity index (χ4n) is 3.61. The highest BCUT2D eigenvalue weighted by Crippen LogP contribution is 2.39. The Labute approximate surface area is 155 Å². The second kappa shape index (κ2) is 6.75. The molecule has 1 aliphatic heterocycles. The van der Waals surface area contributed by atoms with Crippen molar-refractivity contribution >= 4 is 33.4 Å². The van der Waals surface area contributed by atoms with Crippen molar-refractivity contribution in [1.29, 1.82) is 0 Å². The number of thiophene rings is 1. The number of fused-ring (bicyclic) bond motifs is 1. The quantitative estimate of drug-likeness (QED) is 0.804. The summed E-state index contributed by atoms with van der Waals surface area (Å²) in [5.41, 5.74) is 5.83. The molecule has 8 heteroatoms. The first kappa shape index (κ1) is 18.4. The second-order valence-corrected chi connectivity index (χ2v) is 7.89. The maximum Gasteiger partial charge on any atom is 0.254 e. The van der Waals surface area contributed by atoms with Crippen LogP contribution in [0.1, 0.15) is 37.6 Å². The van der Waals surface area contributed by atoms with E-state index >= 15 is 0 Å². The van der Waals surface area contributed by atoms with Crippen LogP contribution >= 0.6 is 11.3 Å². The number of amides is 2. The number of rotatable bonds is 6. The second-order valence-electron chi connectivity index (χ2n) is 6.98. The number of carbonyl (C=O) groups is 2. The summed E-state index contributed by atoms with van der Waals surface area (Å²) in [5.74, 6) is 0.444. The summed E-state index contributed by atoms with van der Waals surface area (Å²) in [5, 5.41) is 4.87. The van der Waals surface area contributed by atoms with Crippen LogP contribution in [-0.4, -0.2) is 36.6 Å². The summed E-state index contributed by atoms with van der Waals surface area (Å²) in [6.07, 6.45) is 0.887. The van der Waals surface area contributed by atoms with Gasteiger partial charge in [-0.3, -0.25) is 9.59 Å². The van der Waals surface area contributed by atoms with Crippen molar-refractivity contribution in [3.05, 3.63) is 17.0 Å². The van der Waals surface area contributed by atoms with E-state index in [4.69, 9.17) is 15.2 Å². The van der Waals surface area contributed by atoms with Gasteiger partial charge in [-0.15, -0.1) is 11.3 Å². The molecule has 0 aliphatic carbocycles. The molecule has 0 spiro atoms. The van der Waals surface area contributed by atoms with Crippen LogP contribution in [0, 0.1) is 11.3 Å². The van der Waals surface area contributed by atoms with Crippen LogP contribution in [0.4, 0.5) is 0 Å². The minimum absolute atomic E-state index is 0.0516. The molecule has 1 fully saturated rings. The van der Waals surface area contributed by atoms with Crippen LogP contribution in [0.2, 0.25) is 0 Å². The van der Waals surface area contributed by atoms with Crippen molar-refractivity contribution in [1.82, 2.24) is 10.3 Å². The fourth-order valence-corrected chi connectivity index (χ4v) is 4.47. The molecule has 3 N–H and O–H groups in total. The van der Waals surface area contributed by atoms with Gasteiger partial charge in [-0.1, -0.05) is 27.2 Å². The molecule has 0 bridgehead atoms. The maximum atomic E-state index is 12.2. The average molecular weight is 377 g/mol. The van der Waals surface area contributed by atoms with E-state index in [-0.39, 0.29) is 29.3 Å². The largest absolute Gasteiger partial charge is 0.488 e. The van der Waals surface area contributed by atoms with Gasteiger partial charge in [0, 0.05) is 10.8 Å². The molecule has 0 aromatic carbocycles. The number of hydrogen-bond acceptors (Lipinski definition) is 6. The van der Waals surface area contributed by atoms with Gasteiger partial charge < -0.3 is 20.5 Å². The van der Waals surface area contributed by atoms with Crippen molar-refractivity contribution in [2.75, 3.05) is 13.7 Å². The lowest BCUT2D eigenvalue weighted by Gasteiger charge is -2.25. The average Bonchev–Trinajstić information content (AvgIpc) is 3.09. The van der Waals surface area contributed by atoms with E-state index in [1.165, 1.54) is 18.4 Å². The Morgan fingerprint density at radius 3 is 2.81 bits per heavy atom. The standard InChI is InChI=1S/C18H23N3O4S/c1-5-10-11(20-17(23)18(10,2)3)7-25-12-8-26-13-6-9(15(19)22)16(24-4)21-14(12)13/h6,8,10-11H,5,7H2,1-4H3,(H2,19,22)(H,20,23). The molecule has 0 radical (unpaired) electrons. The zero-order valence-electron chi connectivity index (χ0n) is 15.3. The number of primary amides is 1. The van der Waals surface area contributed by atoms with E-state index < -0.39 is 11.3 Å². The van der Waals surface area contributed by atoms with Gasteiger partial charge in [-0.25, -0.2) is 4.98 Å². The first-order valence-corrected chi connectivity index (χ1v) is 9.37.